The molecule has 118 valence electrons. The Bertz CT molecular complexity index is 776. The fourth-order valence-corrected chi connectivity index (χ4v) is 5.01. The average Bonchev–Trinajstić information content (AvgIpc) is 2.69. The van der Waals surface area contributed by atoms with Crippen LogP contribution in [0.15, 0.2) is 23.1 Å². The Hall–Kier alpha value is -1.47. The summed E-state index contributed by atoms with van der Waals surface area (Å²) in [6.07, 6.45) is 5.18. The first kappa shape index (κ1) is 15.4. The van der Waals surface area contributed by atoms with E-state index in [9.17, 15) is 12.8 Å². The minimum Gasteiger partial charge on any atom is -0.255 e. The van der Waals surface area contributed by atoms with Crippen LogP contribution in [-0.4, -0.2) is 13.4 Å². The van der Waals surface area contributed by atoms with Crippen molar-refractivity contribution < 1.29 is 12.8 Å². The van der Waals surface area contributed by atoms with Gasteiger partial charge in [0.25, 0.3) is 10.0 Å². The molecule has 0 amide bonds. The number of nitrogens with zero attached hydrogens (tertiary/aromatic N) is 1. The molecule has 0 saturated heterocycles. The molecular weight excluding hydrogens is 323 g/mol. The van der Waals surface area contributed by atoms with Crippen molar-refractivity contribution in [3.8, 4) is 0 Å². The molecule has 1 aromatic carbocycles. The Labute approximate surface area is 133 Å². The summed E-state index contributed by atoms with van der Waals surface area (Å²) in [4.78, 5) is 5.18. The molecule has 1 aliphatic carbocycles. The number of nitrogens with one attached hydrogen (secondary N) is 1. The topological polar surface area (TPSA) is 59.1 Å². The molecule has 1 N–H and O–H groups in total. The predicted molar refractivity (Wildman–Crippen MR) is 85.3 cm³/mol. The number of sulfonamides is 1. The van der Waals surface area contributed by atoms with Gasteiger partial charge < -0.3 is 0 Å². The monoisotopic (exact) mass is 340 g/mol. The van der Waals surface area contributed by atoms with Crippen molar-refractivity contribution in [3.05, 3.63) is 40.2 Å². The third-order valence-electron chi connectivity index (χ3n) is 3.69. The molecule has 0 unspecified atom stereocenters. The van der Waals surface area contributed by atoms with Gasteiger partial charge in [-0.2, -0.15) is 0 Å². The van der Waals surface area contributed by atoms with E-state index in [1.54, 1.807) is 13.0 Å². The van der Waals surface area contributed by atoms with Crippen molar-refractivity contribution in [1.29, 1.82) is 0 Å². The molecule has 1 heterocycles. The first-order chi connectivity index (χ1) is 10.5. The minimum atomic E-state index is -3.95. The number of aromatic nitrogens is 1. The van der Waals surface area contributed by atoms with Crippen LogP contribution in [0, 0.1) is 12.7 Å². The van der Waals surface area contributed by atoms with Gasteiger partial charge >= 0.3 is 0 Å². The van der Waals surface area contributed by atoms with Crippen LogP contribution in [0.25, 0.3) is 0 Å². The zero-order chi connectivity index (χ0) is 15.7. The molecule has 0 bridgehead atoms. The zero-order valence-corrected chi connectivity index (χ0v) is 13.9. The van der Waals surface area contributed by atoms with Crippen LogP contribution >= 0.6 is 11.3 Å². The maximum atomic E-state index is 13.8. The molecule has 0 aliphatic heterocycles. The SMILES string of the molecule is Cc1ccc(F)c(S(=O)(=O)Nc2nc3c(s2)CCCCC3)c1. The molecule has 0 spiro atoms. The largest absolute Gasteiger partial charge is 0.266 e. The molecule has 7 heteroatoms. The lowest BCUT2D eigenvalue weighted by atomic mass is 10.2. The van der Waals surface area contributed by atoms with Gasteiger partial charge in [0.1, 0.15) is 10.7 Å². The second kappa shape index (κ2) is 5.96. The molecule has 4 nitrogen and oxygen atoms in total. The normalized spacial score (nSPS) is 15.2. The van der Waals surface area contributed by atoms with Gasteiger partial charge in [0, 0.05) is 4.88 Å². The summed E-state index contributed by atoms with van der Waals surface area (Å²) in [5.74, 6) is -0.754. The van der Waals surface area contributed by atoms with E-state index in [4.69, 9.17) is 0 Å². The van der Waals surface area contributed by atoms with Crippen molar-refractivity contribution in [2.45, 2.75) is 43.9 Å². The molecule has 2 aromatic rings. The number of anilines is 1. The summed E-state index contributed by atoms with van der Waals surface area (Å²) in [7, 11) is -3.95. The smallest absolute Gasteiger partial charge is 0.255 e. The number of thiazole rings is 1. The summed E-state index contributed by atoms with van der Waals surface area (Å²) in [5, 5.41) is 0.327. The molecule has 22 heavy (non-hydrogen) atoms. The minimum absolute atomic E-state index is 0.327. The standard InChI is InChI=1S/C15H17FN2O2S2/c1-10-7-8-11(16)14(9-10)22(19,20)18-15-17-12-5-3-2-4-6-13(12)21-15/h7-9H,2-6H2,1H3,(H,17,18). The second-order valence-electron chi connectivity index (χ2n) is 5.49. The first-order valence-electron chi connectivity index (χ1n) is 7.23. The highest BCUT2D eigenvalue weighted by molar-refractivity contribution is 7.93. The van der Waals surface area contributed by atoms with Crippen molar-refractivity contribution in [3.63, 3.8) is 0 Å². The summed E-state index contributed by atoms with van der Waals surface area (Å²) >= 11 is 1.36. The molecule has 0 atom stereocenters. The molecule has 3 rings (SSSR count). The number of aryl methyl sites for hydroxylation is 3. The van der Waals surface area contributed by atoms with Crippen LogP contribution in [0.1, 0.15) is 35.4 Å². The van der Waals surface area contributed by atoms with Crippen molar-refractivity contribution in [1.82, 2.24) is 4.98 Å². The fourth-order valence-electron chi connectivity index (χ4n) is 2.56. The molecular formula is C15H17FN2O2S2. The number of fused-ring (bicyclic) bond motifs is 1. The van der Waals surface area contributed by atoms with E-state index in [-0.39, 0.29) is 4.90 Å². The second-order valence-corrected chi connectivity index (χ2v) is 8.22. The van der Waals surface area contributed by atoms with Crippen molar-refractivity contribution in [2.24, 2.45) is 0 Å². The average molecular weight is 340 g/mol. The highest BCUT2D eigenvalue weighted by Crippen LogP contribution is 2.30. The van der Waals surface area contributed by atoms with E-state index in [1.165, 1.54) is 29.9 Å². The maximum absolute atomic E-state index is 13.8. The lowest BCUT2D eigenvalue weighted by Gasteiger charge is -2.07. The maximum Gasteiger partial charge on any atom is 0.266 e. The third kappa shape index (κ3) is 3.15. The number of benzene rings is 1. The molecule has 1 aromatic heterocycles. The summed E-state index contributed by atoms with van der Waals surface area (Å²) < 4.78 is 41.0. The van der Waals surface area contributed by atoms with Crippen LogP contribution in [0.3, 0.4) is 0 Å². The summed E-state index contributed by atoms with van der Waals surface area (Å²) in [5.41, 5.74) is 1.67. The van der Waals surface area contributed by atoms with Gasteiger partial charge in [-0.3, -0.25) is 4.72 Å². The highest BCUT2D eigenvalue weighted by Gasteiger charge is 2.22. The van der Waals surface area contributed by atoms with E-state index >= 15 is 0 Å². The number of hydrogen-bond acceptors (Lipinski definition) is 4. The Morgan fingerprint density at radius 2 is 2.00 bits per heavy atom. The van der Waals surface area contributed by atoms with Crippen LogP contribution in [0.5, 0.6) is 0 Å². The van der Waals surface area contributed by atoms with Gasteiger partial charge in [0.15, 0.2) is 5.13 Å². The number of halogens is 1. The highest BCUT2D eigenvalue weighted by atomic mass is 32.2. The van der Waals surface area contributed by atoms with Gasteiger partial charge in [-0.1, -0.05) is 12.5 Å². The third-order valence-corrected chi connectivity index (χ3v) is 6.25. The van der Waals surface area contributed by atoms with Gasteiger partial charge in [0.2, 0.25) is 0 Å². The van der Waals surface area contributed by atoms with E-state index < -0.39 is 15.8 Å². The van der Waals surface area contributed by atoms with Gasteiger partial charge in [-0.05, 0) is 50.3 Å². The van der Waals surface area contributed by atoms with E-state index in [1.807, 2.05) is 0 Å². The molecule has 0 radical (unpaired) electrons. The first-order valence-corrected chi connectivity index (χ1v) is 9.53. The van der Waals surface area contributed by atoms with E-state index in [0.29, 0.717) is 10.7 Å². The van der Waals surface area contributed by atoms with Crippen LogP contribution in [0.4, 0.5) is 9.52 Å². The fraction of sp³-hybridized carbons (Fsp3) is 0.400. The Morgan fingerprint density at radius 3 is 2.82 bits per heavy atom. The van der Waals surface area contributed by atoms with E-state index in [0.717, 1.165) is 36.3 Å². The number of rotatable bonds is 3. The Morgan fingerprint density at radius 1 is 1.23 bits per heavy atom. The van der Waals surface area contributed by atoms with Crippen molar-refractivity contribution >= 4 is 26.5 Å². The Balaban J connectivity index is 1.90. The summed E-state index contributed by atoms with van der Waals surface area (Å²) in [6.45, 7) is 1.73. The lowest BCUT2D eigenvalue weighted by Crippen LogP contribution is -2.14. The van der Waals surface area contributed by atoms with Crippen molar-refractivity contribution in [2.75, 3.05) is 4.72 Å². The molecule has 0 fully saturated rings. The van der Waals surface area contributed by atoms with Gasteiger partial charge in [0.05, 0.1) is 5.69 Å². The quantitative estimate of drug-likeness (QED) is 0.868. The van der Waals surface area contributed by atoms with Crippen LogP contribution in [-0.2, 0) is 22.9 Å². The van der Waals surface area contributed by atoms with Gasteiger partial charge in [-0.15, -0.1) is 11.3 Å². The number of hydrogen-bond donors (Lipinski definition) is 1. The van der Waals surface area contributed by atoms with E-state index in [2.05, 4.69) is 9.71 Å². The molecule has 1 aliphatic rings. The van der Waals surface area contributed by atoms with Crippen LogP contribution < -0.4 is 4.72 Å². The lowest BCUT2D eigenvalue weighted by molar-refractivity contribution is 0.570. The summed E-state index contributed by atoms with van der Waals surface area (Å²) in [6, 6.07) is 4.04. The molecule has 0 saturated carbocycles. The van der Waals surface area contributed by atoms with Gasteiger partial charge in [-0.25, -0.2) is 17.8 Å². The zero-order valence-electron chi connectivity index (χ0n) is 12.2. The predicted octanol–water partition coefficient (Wildman–Crippen LogP) is 3.66. The van der Waals surface area contributed by atoms with Crippen LogP contribution in [0.2, 0.25) is 0 Å². The Kier molecular flexibility index (Phi) is 4.18.